The van der Waals surface area contributed by atoms with E-state index in [1.807, 2.05) is 0 Å². The number of benzene rings is 2. The van der Waals surface area contributed by atoms with Crippen LogP contribution in [0.1, 0.15) is 35.3 Å². The van der Waals surface area contributed by atoms with Gasteiger partial charge in [-0.1, -0.05) is 6.07 Å². The van der Waals surface area contributed by atoms with Crippen molar-refractivity contribution in [3.8, 4) is 0 Å². The summed E-state index contributed by atoms with van der Waals surface area (Å²) in [7, 11) is 0. The second-order valence-electron chi connectivity index (χ2n) is 6.41. The third-order valence-corrected chi connectivity index (χ3v) is 3.62. The third kappa shape index (κ3) is 7.28. The van der Waals surface area contributed by atoms with E-state index in [9.17, 15) is 22.8 Å². The number of alkyl halides is 3. The number of hydrogen-bond acceptors (Lipinski definition) is 3. The quantitative estimate of drug-likeness (QED) is 0.567. The Labute approximate surface area is 172 Å². The van der Waals surface area contributed by atoms with Gasteiger partial charge >= 0.3 is 12.2 Å². The zero-order valence-corrected chi connectivity index (χ0v) is 16.6. The molecule has 0 radical (unpaired) electrons. The van der Waals surface area contributed by atoms with E-state index in [1.54, 1.807) is 26.0 Å². The smallest absolute Gasteiger partial charge is 0.336 e. The standard InChI is InChI=1S/C19H21F3N4O2.ClH/c1-11(2)24-18(28)26-15-5-3-4-13(8-15)17(27)25-16-7-12(10-23)6-14(9-16)19(20,21)22;/h3-9,11H,10,23H2,1-2H3,(H,25,27)(H2,24,26,28);1H. The normalized spacial score (nSPS) is 10.9. The summed E-state index contributed by atoms with van der Waals surface area (Å²) in [5.41, 5.74) is 5.32. The van der Waals surface area contributed by atoms with Gasteiger partial charge in [0, 0.05) is 29.5 Å². The van der Waals surface area contributed by atoms with Gasteiger partial charge in [-0.2, -0.15) is 13.2 Å². The fourth-order valence-electron chi connectivity index (χ4n) is 2.42. The van der Waals surface area contributed by atoms with Gasteiger partial charge in [0.15, 0.2) is 0 Å². The van der Waals surface area contributed by atoms with Crippen molar-refractivity contribution in [3.63, 3.8) is 0 Å². The molecule has 0 aliphatic heterocycles. The minimum absolute atomic E-state index is 0. The fourth-order valence-corrected chi connectivity index (χ4v) is 2.42. The minimum atomic E-state index is -4.56. The maximum Gasteiger partial charge on any atom is 0.416 e. The lowest BCUT2D eigenvalue weighted by Crippen LogP contribution is -2.34. The number of rotatable bonds is 5. The molecule has 0 atom stereocenters. The molecule has 0 saturated heterocycles. The highest BCUT2D eigenvalue weighted by Crippen LogP contribution is 2.32. The van der Waals surface area contributed by atoms with Crippen LogP contribution in [-0.2, 0) is 12.7 Å². The molecule has 5 N–H and O–H groups in total. The van der Waals surface area contributed by atoms with Crippen LogP contribution in [0.5, 0.6) is 0 Å². The Kier molecular flexibility index (Phi) is 8.47. The number of halogens is 4. The Morgan fingerprint density at radius 2 is 1.72 bits per heavy atom. The summed E-state index contributed by atoms with van der Waals surface area (Å²) in [6.07, 6.45) is -4.56. The summed E-state index contributed by atoms with van der Waals surface area (Å²) in [6.45, 7) is 3.50. The predicted octanol–water partition coefficient (Wildman–Crippen LogP) is 4.37. The van der Waals surface area contributed by atoms with Gasteiger partial charge in [0.2, 0.25) is 0 Å². The second kappa shape index (κ2) is 10.1. The number of amides is 3. The topological polar surface area (TPSA) is 96.2 Å². The highest BCUT2D eigenvalue weighted by atomic mass is 35.5. The number of carbonyl (C=O) groups is 2. The van der Waals surface area contributed by atoms with Gasteiger partial charge in [-0.25, -0.2) is 4.79 Å². The summed E-state index contributed by atoms with van der Waals surface area (Å²) in [5.74, 6) is -0.616. The van der Waals surface area contributed by atoms with Crippen molar-refractivity contribution in [2.75, 3.05) is 10.6 Å². The van der Waals surface area contributed by atoms with Crippen molar-refractivity contribution < 1.29 is 22.8 Å². The number of anilines is 2. The van der Waals surface area contributed by atoms with E-state index in [2.05, 4.69) is 16.0 Å². The maximum atomic E-state index is 13.0. The monoisotopic (exact) mass is 430 g/mol. The SMILES string of the molecule is CC(C)NC(=O)Nc1cccc(C(=O)Nc2cc(CN)cc(C(F)(F)F)c2)c1.Cl. The van der Waals surface area contributed by atoms with Crippen molar-refractivity contribution in [1.82, 2.24) is 5.32 Å². The van der Waals surface area contributed by atoms with Crippen LogP contribution in [0.2, 0.25) is 0 Å². The van der Waals surface area contributed by atoms with Gasteiger partial charge < -0.3 is 21.7 Å². The average Bonchev–Trinajstić information content (AvgIpc) is 2.60. The van der Waals surface area contributed by atoms with Gasteiger partial charge in [-0.15, -0.1) is 12.4 Å². The Morgan fingerprint density at radius 3 is 2.31 bits per heavy atom. The summed E-state index contributed by atoms with van der Waals surface area (Å²) < 4.78 is 39.0. The van der Waals surface area contributed by atoms with E-state index in [0.717, 1.165) is 12.1 Å². The van der Waals surface area contributed by atoms with Crippen LogP contribution in [0.3, 0.4) is 0 Å². The lowest BCUT2D eigenvalue weighted by Gasteiger charge is -2.13. The summed E-state index contributed by atoms with van der Waals surface area (Å²) >= 11 is 0. The Balaban J connectivity index is 0.00000420. The molecule has 0 bridgehead atoms. The van der Waals surface area contributed by atoms with Crippen molar-refractivity contribution in [2.45, 2.75) is 32.6 Å². The van der Waals surface area contributed by atoms with Gasteiger partial charge in [-0.3, -0.25) is 4.79 Å². The van der Waals surface area contributed by atoms with Crippen molar-refractivity contribution in [1.29, 1.82) is 0 Å². The maximum absolute atomic E-state index is 13.0. The van der Waals surface area contributed by atoms with Crippen LogP contribution in [-0.4, -0.2) is 18.0 Å². The van der Waals surface area contributed by atoms with Gasteiger partial charge in [0.05, 0.1) is 5.56 Å². The molecule has 0 fully saturated rings. The first-order chi connectivity index (χ1) is 13.1. The van der Waals surface area contributed by atoms with Crippen LogP contribution in [0.25, 0.3) is 0 Å². The molecule has 0 aliphatic carbocycles. The Morgan fingerprint density at radius 1 is 1.03 bits per heavy atom. The lowest BCUT2D eigenvalue weighted by molar-refractivity contribution is -0.137. The molecule has 6 nitrogen and oxygen atoms in total. The largest absolute Gasteiger partial charge is 0.416 e. The van der Waals surface area contributed by atoms with Gasteiger partial charge in [0.1, 0.15) is 0 Å². The van der Waals surface area contributed by atoms with Crippen molar-refractivity contribution in [2.24, 2.45) is 5.73 Å². The van der Waals surface area contributed by atoms with E-state index >= 15 is 0 Å². The second-order valence-corrected chi connectivity index (χ2v) is 6.41. The van der Waals surface area contributed by atoms with Crippen LogP contribution in [0, 0.1) is 0 Å². The van der Waals surface area contributed by atoms with Crippen LogP contribution < -0.4 is 21.7 Å². The molecule has 10 heteroatoms. The predicted molar refractivity (Wildman–Crippen MR) is 108 cm³/mol. The molecule has 29 heavy (non-hydrogen) atoms. The average molecular weight is 431 g/mol. The molecule has 0 aromatic heterocycles. The number of nitrogens with one attached hydrogen (secondary N) is 3. The Bertz CT molecular complexity index is 873. The fraction of sp³-hybridized carbons (Fsp3) is 0.263. The van der Waals surface area contributed by atoms with Crippen molar-refractivity contribution in [3.05, 3.63) is 59.2 Å². The van der Waals surface area contributed by atoms with Gasteiger partial charge in [-0.05, 0) is 55.8 Å². The molecule has 3 amide bonds. The number of hydrogen-bond donors (Lipinski definition) is 4. The van der Waals surface area contributed by atoms with Crippen LogP contribution >= 0.6 is 12.4 Å². The molecule has 0 aliphatic rings. The van der Waals surface area contributed by atoms with E-state index in [4.69, 9.17) is 5.73 Å². The zero-order chi connectivity index (χ0) is 20.9. The zero-order valence-electron chi connectivity index (χ0n) is 15.8. The molecule has 2 aromatic carbocycles. The summed E-state index contributed by atoms with van der Waals surface area (Å²) in [6, 6.07) is 8.71. The van der Waals surface area contributed by atoms with E-state index in [0.29, 0.717) is 5.69 Å². The number of nitrogens with two attached hydrogens (primary N) is 1. The third-order valence-electron chi connectivity index (χ3n) is 3.62. The molecule has 0 unspecified atom stereocenters. The number of carbonyl (C=O) groups excluding carboxylic acids is 2. The van der Waals surface area contributed by atoms with E-state index in [-0.39, 0.29) is 41.8 Å². The van der Waals surface area contributed by atoms with Crippen LogP contribution in [0.4, 0.5) is 29.3 Å². The first kappa shape index (κ1) is 24.3. The molecular formula is C19H22ClF3N4O2. The molecule has 158 valence electrons. The lowest BCUT2D eigenvalue weighted by atomic mass is 10.1. The number of urea groups is 1. The molecule has 0 heterocycles. The summed E-state index contributed by atoms with van der Waals surface area (Å²) in [4.78, 5) is 24.2. The highest BCUT2D eigenvalue weighted by Gasteiger charge is 2.31. The van der Waals surface area contributed by atoms with Crippen molar-refractivity contribution >= 4 is 35.7 Å². The first-order valence-electron chi connectivity index (χ1n) is 8.48. The summed E-state index contributed by atoms with van der Waals surface area (Å²) in [5, 5.41) is 7.66. The first-order valence-corrected chi connectivity index (χ1v) is 8.48. The van der Waals surface area contributed by atoms with E-state index < -0.39 is 23.7 Å². The molecule has 2 aromatic rings. The molecule has 0 saturated carbocycles. The minimum Gasteiger partial charge on any atom is -0.336 e. The molecule has 0 spiro atoms. The van der Waals surface area contributed by atoms with Gasteiger partial charge in [0.25, 0.3) is 5.91 Å². The molecule has 2 rings (SSSR count). The molecular weight excluding hydrogens is 409 g/mol. The highest BCUT2D eigenvalue weighted by molar-refractivity contribution is 6.05. The van der Waals surface area contributed by atoms with Crippen LogP contribution in [0.15, 0.2) is 42.5 Å². The van der Waals surface area contributed by atoms with E-state index in [1.165, 1.54) is 18.2 Å². The Hall–Kier alpha value is -2.78.